The van der Waals surface area contributed by atoms with Gasteiger partial charge in [0, 0.05) is 39.4 Å². The number of hydrogen-bond donors (Lipinski definition) is 0. The number of methoxy groups -OCH3 is 4. The first-order valence-electron chi connectivity index (χ1n) is 14.4. The number of rotatable bonds is 11. The molecule has 16 nitrogen and oxygen atoms in total. The van der Waals surface area contributed by atoms with Gasteiger partial charge in [-0.15, -0.1) is 0 Å². The van der Waals surface area contributed by atoms with Gasteiger partial charge in [0.05, 0.1) is 52.7 Å². The first-order chi connectivity index (χ1) is 23.9. The molecule has 0 saturated heterocycles. The zero-order valence-electron chi connectivity index (χ0n) is 27.9. The van der Waals surface area contributed by atoms with Crippen molar-refractivity contribution in [3.63, 3.8) is 0 Å². The van der Waals surface area contributed by atoms with Crippen LogP contribution in [0.4, 0.5) is 0 Å². The van der Waals surface area contributed by atoms with E-state index in [0.29, 0.717) is 22.0 Å². The van der Waals surface area contributed by atoms with E-state index in [9.17, 15) is 30.0 Å². The van der Waals surface area contributed by atoms with Crippen LogP contribution in [0.25, 0.3) is 49.3 Å². The van der Waals surface area contributed by atoms with Gasteiger partial charge in [0.25, 0.3) is 0 Å². The van der Waals surface area contributed by atoms with Gasteiger partial charge in [0.15, 0.2) is 34.5 Å². The fraction of sp³-hybridized carbons (Fsp3) is 0.219. The maximum Gasteiger partial charge on any atom is 0.361 e. The van der Waals surface area contributed by atoms with E-state index in [1.165, 1.54) is 75.4 Å². The van der Waals surface area contributed by atoms with Crippen LogP contribution in [0, 0.1) is 0 Å². The molecule has 0 amide bonds. The smallest absolute Gasteiger partial charge is 0.361 e. The molecule has 3 heterocycles. The van der Waals surface area contributed by atoms with E-state index < -0.39 is 36.0 Å². The van der Waals surface area contributed by atoms with Crippen molar-refractivity contribution in [1.82, 2.24) is 4.40 Å². The summed E-state index contributed by atoms with van der Waals surface area (Å²) in [6, 6.07) is 10.1. The fourth-order valence-corrected chi connectivity index (χ4v) is 7.27. The van der Waals surface area contributed by atoms with Crippen LogP contribution in [0.2, 0.25) is 0 Å². The quantitative estimate of drug-likeness (QED) is 0.135. The number of pyridine rings is 1. The lowest BCUT2D eigenvalue weighted by Crippen LogP contribution is -2.08. The second-order valence-electron chi connectivity index (χ2n) is 11.2. The minimum atomic E-state index is -4.11. The molecule has 0 N–H and O–H groups in total. The van der Waals surface area contributed by atoms with Crippen molar-refractivity contribution in [2.75, 3.05) is 47.2 Å². The van der Waals surface area contributed by atoms with Gasteiger partial charge < -0.3 is 40.3 Å². The molecule has 0 spiro atoms. The highest BCUT2D eigenvalue weighted by Crippen LogP contribution is 2.50. The maximum atomic E-state index is 13.9. The van der Waals surface area contributed by atoms with Crippen molar-refractivity contribution >= 4 is 68.5 Å². The Bertz CT molecular complexity index is 2820. The Morgan fingerprint density at radius 1 is 0.569 bits per heavy atom. The number of nitrogens with zero attached hydrogens (tertiary/aromatic N) is 1. The molecule has 3 aromatic heterocycles. The van der Waals surface area contributed by atoms with E-state index in [0.717, 1.165) is 18.8 Å². The number of hydrogen-bond acceptors (Lipinski definition) is 15. The molecule has 6 rings (SSSR count). The molecule has 3 aromatic carbocycles. The van der Waals surface area contributed by atoms with Crippen LogP contribution < -0.4 is 37.1 Å². The molecule has 6 aromatic rings. The lowest BCUT2D eigenvalue weighted by atomic mass is 9.97. The molecular weight excluding hydrogens is 735 g/mol. The Morgan fingerprint density at radius 2 is 1.16 bits per heavy atom. The first-order valence-corrected chi connectivity index (χ1v) is 19.9. The number of ether oxygens (including phenoxy) is 4. The molecule has 270 valence electrons. The van der Waals surface area contributed by atoms with E-state index >= 15 is 0 Å². The van der Waals surface area contributed by atoms with Gasteiger partial charge in [-0.25, -0.2) is 4.79 Å². The lowest BCUT2D eigenvalue weighted by Gasteiger charge is -2.17. The first kappa shape index (κ1) is 35.4. The van der Waals surface area contributed by atoms with Crippen LogP contribution >= 0.6 is 0 Å². The van der Waals surface area contributed by atoms with Crippen molar-refractivity contribution in [2.24, 2.45) is 0 Å². The fourth-order valence-electron chi connectivity index (χ4n) is 5.88. The molecule has 0 aliphatic heterocycles. The standard InChI is InChI=1S/C32H29NO15S3/c1-41-22-12-16(8-9-20(22)46-49(5,35)36)26-27-19-14-23(42-2)24(47-50(6,37)38)15-21(19)45-32(34)29(27)33-11-10-17-18(28(26)33)13-25(43-3)31(44-4)30(17)48-51(7,39)40/h8-15H,1-7H3. The molecule has 51 heavy (non-hydrogen) atoms. The minimum absolute atomic E-state index is 0.0136. The third-order valence-corrected chi connectivity index (χ3v) is 9.05. The summed E-state index contributed by atoms with van der Waals surface area (Å²) >= 11 is 0. The monoisotopic (exact) mass is 763 g/mol. The third-order valence-electron chi connectivity index (χ3n) is 7.62. The van der Waals surface area contributed by atoms with Gasteiger partial charge in [0.2, 0.25) is 5.75 Å². The predicted molar refractivity (Wildman–Crippen MR) is 187 cm³/mol. The predicted octanol–water partition coefficient (Wildman–Crippen LogP) is 4.07. The average Bonchev–Trinajstić information content (AvgIpc) is 3.39. The molecular formula is C32H29NO15S3. The second kappa shape index (κ2) is 12.4. The number of fused-ring (bicyclic) bond motifs is 7. The Labute approximate surface area is 290 Å². The summed E-state index contributed by atoms with van der Waals surface area (Å²) in [5.41, 5.74) is 0.132. The zero-order chi connectivity index (χ0) is 37.2. The third kappa shape index (κ3) is 6.50. The van der Waals surface area contributed by atoms with Crippen molar-refractivity contribution in [1.29, 1.82) is 0 Å². The summed E-state index contributed by atoms with van der Waals surface area (Å²) in [7, 11) is -6.84. The van der Waals surface area contributed by atoms with Crippen LogP contribution in [-0.4, -0.2) is 76.9 Å². The van der Waals surface area contributed by atoms with E-state index in [1.807, 2.05) is 0 Å². The highest BCUT2D eigenvalue weighted by molar-refractivity contribution is 7.86. The maximum absolute atomic E-state index is 13.9. The zero-order valence-corrected chi connectivity index (χ0v) is 30.4. The van der Waals surface area contributed by atoms with Crippen LogP contribution in [0.5, 0.6) is 40.2 Å². The highest BCUT2D eigenvalue weighted by Gasteiger charge is 2.28. The summed E-state index contributed by atoms with van der Waals surface area (Å²) in [5.74, 6) is -0.486. The Balaban J connectivity index is 1.89. The molecule has 0 aliphatic carbocycles. The lowest BCUT2D eigenvalue weighted by molar-refractivity contribution is 0.345. The van der Waals surface area contributed by atoms with Gasteiger partial charge in [0.1, 0.15) is 11.1 Å². The molecule has 0 bridgehead atoms. The van der Waals surface area contributed by atoms with Crippen molar-refractivity contribution in [2.45, 2.75) is 0 Å². The Hall–Kier alpha value is -5.40. The molecule has 0 saturated carbocycles. The van der Waals surface area contributed by atoms with Crippen molar-refractivity contribution < 1.29 is 61.2 Å². The topological polar surface area (TPSA) is 202 Å². The van der Waals surface area contributed by atoms with E-state index in [-0.39, 0.29) is 67.5 Å². The highest BCUT2D eigenvalue weighted by atomic mass is 32.2. The Morgan fingerprint density at radius 3 is 1.75 bits per heavy atom. The second-order valence-corrected chi connectivity index (χ2v) is 15.9. The summed E-state index contributed by atoms with van der Waals surface area (Å²) in [5, 5.41) is 1.12. The van der Waals surface area contributed by atoms with Crippen LogP contribution in [0.1, 0.15) is 0 Å². The molecule has 0 atom stereocenters. The molecule has 0 fully saturated rings. The largest absolute Gasteiger partial charge is 0.493 e. The number of benzene rings is 3. The SMILES string of the molecule is COc1cc(-c2c3c4cc(OC)c(OS(C)(=O)=O)cc4oc(=O)c3n3ccc4c(OS(C)(=O)=O)c(OC)c(OC)cc4c23)ccc1OS(C)(=O)=O. The van der Waals surface area contributed by atoms with Crippen LogP contribution in [-0.2, 0) is 30.4 Å². The van der Waals surface area contributed by atoms with E-state index in [1.54, 1.807) is 6.07 Å². The minimum Gasteiger partial charge on any atom is -0.493 e. The summed E-state index contributed by atoms with van der Waals surface area (Å²) in [6.07, 6.45) is 4.09. The molecule has 19 heteroatoms. The summed E-state index contributed by atoms with van der Waals surface area (Å²) < 4.78 is 118. The molecule has 0 radical (unpaired) electrons. The normalized spacial score (nSPS) is 12.4. The summed E-state index contributed by atoms with van der Waals surface area (Å²) in [6.45, 7) is 0. The Kier molecular flexibility index (Phi) is 8.63. The van der Waals surface area contributed by atoms with Gasteiger partial charge in [-0.05, 0) is 35.9 Å². The van der Waals surface area contributed by atoms with Gasteiger partial charge in [-0.1, -0.05) is 6.07 Å². The molecule has 0 unspecified atom stereocenters. The van der Waals surface area contributed by atoms with Crippen molar-refractivity contribution in [3.8, 4) is 51.4 Å². The van der Waals surface area contributed by atoms with Gasteiger partial charge >= 0.3 is 36.0 Å². The van der Waals surface area contributed by atoms with Gasteiger partial charge in [-0.2, -0.15) is 25.3 Å². The van der Waals surface area contributed by atoms with Crippen molar-refractivity contribution in [3.05, 3.63) is 59.1 Å². The van der Waals surface area contributed by atoms with E-state index in [2.05, 4.69) is 0 Å². The number of aromatic nitrogens is 1. The molecule has 0 aliphatic rings. The van der Waals surface area contributed by atoms with Crippen LogP contribution in [0.15, 0.2) is 57.9 Å². The average molecular weight is 764 g/mol. The van der Waals surface area contributed by atoms with Crippen LogP contribution in [0.3, 0.4) is 0 Å². The van der Waals surface area contributed by atoms with E-state index in [4.69, 9.17) is 35.9 Å². The van der Waals surface area contributed by atoms with Gasteiger partial charge in [-0.3, -0.25) is 0 Å². The summed E-state index contributed by atoms with van der Waals surface area (Å²) in [4.78, 5) is 13.9.